The first-order valence-corrected chi connectivity index (χ1v) is 6.17. The standard InChI is InChI=1S/C12H24N2O/c1-4-8-14(10-6-7-10)12(15)11(13)9(3)5-2/h9-11H,4-8,13H2,1-3H3/t9-,11-/m0/s1. The minimum absolute atomic E-state index is 0.161. The molecule has 2 atom stereocenters. The quantitative estimate of drug-likeness (QED) is 0.729. The van der Waals surface area contributed by atoms with E-state index in [1.807, 2.05) is 4.90 Å². The van der Waals surface area contributed by atoms with Crippen LogP contribution < -0.4 is 5.73 Å². The van der Waals surface area contributed by atoms with E-state index in [0.717, 1.165) is 19.4 Å². The van der Waals surface area contributed by atoms with Gasteiger partial charge < -0.3 is 10.6 Å². The molecule has 1 aliphatic rings. The number of carbonyl (C=O) groups is 1. The lowest BCUT2D eigenvalue weighted by molar-refractivity contribution is -0.134. The molecular formula is C12H24N2O. The van der Waals surface area contributed by atoms with Gasteiger partial charge in [-0.3, -0.25) is 4.79 Å². The van der Waals surface area contributed by atoms with Gasteiger partial charge in [-0.1, -0.05) is 27.2 Å². The van der Waals surface area contributed by atoms with Crippen molar-refractivity contribution in [3.63, 3.8) is 0 Å². The summed E-state index contributed by atoms with van der Waals surface area (Å²) >= 11 is 0. The van der Waals surface area contributed by atoms with E-state index in [1.54, 1.807) is 0 Å². The lowest BCUT2D eigenvalue weighted by atomic mass is 9.99. The van der Waals surface area contributed by atoms with E-state index in [2.05, 4.69) is 20.8 Å². The molecule has 0 spiro atoms. The van der Waals surface area contributed by atoms with Crippen molar-refractivity contribution in [3.8, 4) is 0 Å². The maximum absolute atomic E-state index is 12.1. The lowest BCUT2D eigenvalue weighted by Crippen LogP contribution is -2.48. The van der Waals surface area contributed by atoms with E-state index in [4.69, 9.17) is 5.73 Å². The Morgan fingerprint density at radius 3 is 2.47 bits per heavy atom. The van der Waals surface area contributed by atoms with Gasteiger partial charge in [0, 0.05) is 12.6 Å². The number of amides is 1. The topological polar surface area (TPSA) is 46.3 Å². The molecule has 0 saturated heterocycles. The highest BCUT2D eigenvalue weighted by Crippen LogP contribution is 2.28. The van der Waals surface area contributed by atoms with Crippen LogP contribution in [-0.2, 0) is 4.79 Å². The van der Waals surface area contributed by atoms with Crippen molar-refractivity contribution in [2.45, 2.75) is 58.5 Å². The predicted octanol–water partition coefficient (Wildman–Crippen LogP) is 1.76. The molecule has 1 rings (SSSR count). The Labute approximate surface area is 93.0 Å². The van der Waals surface area contributed by atoms with Gasteiger partial charge in [0.05, 0.1) is 6.04 Å². The molecule has 1 saturated carbocycles. The first kappa shape index (κ1) is 12.5. The fourth-order valence-electron chi connectivity index (χ4n) is 1.79. The molecule has 3 heteroatoms. The van der Waals surface area contributed by atoms with Crippen molar-refractivity contribution in [3.05, 3.63) is 0 Å². The van der Waals surface area contributed by atoms with E-state index in [-0.39, 0.29) is 17.9 Å². The molecule has 15 heavy (non-hydrogen) atoms. The van der Waals surface area contributed by atoms with Crippen LogP contribution in [0.5, 0.6) is 0 Å². The van der Waals surface area contributed by atoms with E-state index >= 15 is 0 Å². The first-order valence-electron chi connectivity index (χ1n) is 6.17. The molecule has 0 unspecified atom stereocenters. The van der Waals surface area contributed by atoms with Gasteiger partial charge in [-0.15, -0.1) is 0 Å². The molecule has 0 aliphatic heterocycles. The molecule has 0 aromatic rings. The summed E-state index contributed by atoms with van der Waals surface area (Å²) in [5, 5.41) is 0. The maximum atomic E-state index is 12.1. The second-order valence-electron chi connectivity index (χ2n) is 4.67. The highest BCUT2D eigenvalue weighted by molar-refractivity contribution is 5.82. The molecule has 1 amide bonds. The number of nitrogens with two attached hydrogens (primary N) is 1. The zero-order chi connectivity index (χ0) is 11.4. The Hall–Kier alpha value is -0.570. The second-order valence-corrected chi connectivity index (χ2v) is 4.67. The van der Waals surface area contributed by atoms with Crippen LogP contribution >= 0.6 is 0 Å². The Balaban J connectivity index is 2.54. The van der Waals surface area contributed by atoms with Crippen molar-refractivity contribution in [2.24, 2.45) is 11.7 Å². The van der Waals surface area contributed by atoms with Crippen LogP contribution in [0.2, 0.25) is 0 Å². The molecule has 1 aliphatic carbocycles. The van der Waals surface area contributed by atoms with Gasteiger partial charge in [0.15, 0.2) is 0 Å². The SMILES string of the molecule is CCCN(C(=O)[C@@H](N)[C@@H](C)CC)C1CC1. The number of rotatable bonds is 6. The maximum Gasteiger partial charge on any atom is 0.240 e. The van der Waals surface area contributed by atoms with Crippen LogP contribution in [0.25, 0.3) is 0 Å². The predicted molar refractivity (Wildman–Crippen MR) is 62.5 cm³/mol. The molecule has 0 bridgehead atoms. The van der Waals surface area contributed by atoms with Gasteiger partial charge in [0.1, 0.15) is 0 Å². The van der Waals surface area contributed by atoms with Crippen molar-refractivity contribution in [1.82, 2.24) is 4.90 Å². The summed E-state index contributed by atoms with van der Waals surface area (Å²) in [5.74, 6) is 0.448. The molecule has 0 heterocycles. The number of hydrogen-bond acceptors (Lipinski definition) is 2. The van der Waals surface area contributed by atoms with Crippen molar-refractivity contribution < 1.29 is 4.79 Å². The largest absolute Gasteiger partial charge is 0.338 e. The van der Waals surface area contributed by atoms with E-state index in [1.165, 1.54) is 12.8 Å². The molecule has 0 radical (unpaired) electrons. The number of carbonyl (C=O) groups excluding carboxylic acids is 1. The lowest BCUT2D eigenvalue weighted by Gasteiger charge is -2.27. The van der Waals surface area contributed by atoms with Gasteiger partial charge in [-0.2, -0.15) is 0 Å². The summed E-state index contributed by atoms with van der Waals surface area (Å²) in [7, 11) is 0. The fourth-order valence-corrected chi connectivity index (χ4v) is 1.79. The minimum Gasteiger partial charge on any atom is -0.338 e. The van der Waals surface area contributed by atoms with Gasteiger partial charge in [-0.25, -0.2) is 0 Å². The summed E-state index contributed by atoms with van der Waals surface area (Å²) in [6, 6.07) is 0.190. The summed E-state index contributed by atoms with van der Waals surface area (Å²) in [6.07, 6.45) is 4.32. The fraction of sp³-hybridized carbons (Fsp3) is 0.917. The van der Waals surface area contributed by atoms with E-state index < -0.39 is 0 Å². The third kappa shape index (κ3) is 3.20. The normalized spacial score (nSPS) is 19.7. The van der Waals surface area contributed by atoms with Gasteiger partial charge in [-0.05, 0) is 25.2 Å². The molecule has 88 valence electrons. The van der Waals surface area contributed by atoms with Crippen LogP contribution in [0.4, 0.5) is 0 Å². The zero-order valence-corrected chi connectivity index (χ0v) is 10.2. The van der Waals surface area contributed by atoms with Crippen LogP contribution in [0, 0.1) is 5.92 Å². The molecule has 0 aromatic heterocycles. The van der Waals surface area contributed by atoms with Crippen molar-refractivity contribution in [1.29, 1.82) is 0 Å². The third-order valence-electron chi connectivity index (χ3n) is 3.28. The first-order chi connectivity index (χ1) is 7.11. The molecule has 2 N–H and O–H groups in total. The molecule has 3 nitrogen and oxygen atoms in total. The number of nitrogens with zero attached hydrogens (tertiary/aromatic N) is 1. The average molecular weight is 212 g/mol. The molecule has 1 fully saturated rings. The van der Waals surface area contributed by atoms with Crippen LogP contribution in [0.1, 0.15) is 46.5 Å². The minimum atomic E-state index is -0.304. The Morgan fingerprint density at radius 2 is 2.07 bits per heavy atom. The Morgan fingerprint density at radius 1 is 1.47 bits per heavy atom. The van der Waals surface area contributed by atoms with Gasteiger partial charge >= 0.3 is 0 Å². The van der Waals surface area contributed by atoms with Crippen molar-refractivity contribution in [2.75, 3.05) is 6.54 Å². The van der Waals surface area contributed by atoms with Crippen molar-refractivity contribution >= 4 is 5.91 Å². The van der Waals surface area contributed by atoms with Crippen LogP contribution in [0.15, 0.2) is 0 Å². The summed E-state index contributed by atoms with van der Waals surface area (Å²) < 4.78 is 0. The Bertz CT molecular complexity index is 214. The van der Waals surface area contributed by atoms with Gasteiger partial charge in [0.25, 0.3) is 0 Å². The third-order valence-corrected chi connectivity index (χ3v) is 3.28. The summed E-state index contributed by atoms with van der Waals surface area (Å²) in [6.45, 7) is 7.11. The highest BCUT2D eigenvalue weighted by atomic mass is 16.2. The van der Waals surface area contributed by atoms with Crippen LogP contribution in [0.3, 0.4) is 0 Å². The Kier molecular flexibility index (Phi) is 4.58. The monoisotopic (exact) mass is 212 g/mol. The number of hydrogen-bond donors (Lipinski definition) is 1. The van der Waals surface area contributed by atoms with Gasteiger partial charge in [0.2, 0.25) is 5.91 Å². The molecule has 0 aromatic carbocycles. The summed E-state index contributed by atoms with van der Waals surface area (Å²) in [5.41, 5.74) is 5.98. The summed E-state index contributed by atoms with van der Waals surface area (Å²) in [4.78, 5) is 14.1. The van der Waals surface area contributed by atoms with E-state index in [0.29, 0.717) is 6.04 Å². The highest BCUT2D eigenvalue weighted by Gasteiger charge is 2.35. The smallest absolute Gasteiger partial charge is 0.240 e. The average Bonchev–Trinajstić information content (AvgIpc) is 3.06. The second kappa shape index (κ2) is 5.50. The van der Waals surface area contributed by atoms with E-state index in [9.17, 15) is 4.79 Å². The van der Waals surface area contributed by atoms with Crippen LogP contribution in [-0.4, -0.2) is 29.4 Å². The zero-order valence-electron chi connectivity index (χ0n) is 10.2. The molecular weight excluding hydrogens is 188 g/mol.